The predicted octanol–water partition coefficient (Wildman–Crippen LogP) is -0.0666. The highest BCUT2D eigenvalue weighted by Gasteiger charge is 1.86. The Hall–Kier alpha value is -0.720. The fourth-order valence-electron chi connectivity index (χ4n) is 0.258. The molecule has 4 heteroatoms. The van der Waals surface area contributed by atoms with Crippen LogP contribution in [0.15, 0.2) is 0 Å². The van der Waals surface area contributed by atoms with Gasteiger partial charge < -0.3 is 10.5 Å². The zero-order chi connectivity index (χ0) is 7.11. The summed E-state index contributed by atoms with van der Waals surface area (Å²) in [6, 6.07) is 0. The first-order valence-electron chi connectivity index (χ1n) is 2.58. The van der Waals surface area contributed by atoms with Crippen LogP contribution in [0.1, 0.15) is 6.42 Å². The molecule has 58 valence electrons. The zero-order valence-electron chi connectivity index (χ0n) is 5.72. The van der Waals surface area contributed by atoms with Crippen LogP contribution < -0.4 is 5.73 Å². The van der Waals surface area contributed by atoms with Gasteiger partial charge in [0.05, 0.1) is 7.11 Å². The molecule has 0 radical (unpaired) electrons. The molecule has 10 heavy (non-hydrogen) atoms. The first-order valence-corrected chi connectivity index (χ1v) is 2.58. The van der Waals surface area contributed by atoms with Gasteiger partial charge >= 0.3 is 5.97 Å². The lowest BCUT2D eigenvalue weighted by molar-refractivity contribution is -0.133. The van der Waals surface area contributed by atoms with Crippen LogP contribution >= 0.6 is 12.4 Å². The average molecular weight is 164 g/mol. The molecule has 0 atom stereocenters. The summed E-state index contributed by atoms with van der Waals surface area (Å²) in [5.41, 5.74) is 5.10. The van der Waals surface area contributed by atoms with Gasteiger partial charge in [0.1, 0.15) is 0 Å². The third kappa shape index (κ3) is 7.28. The third-order valence-corrected chi connectivity index (χ3v) is 0.645. The van der Waals surface area contributed by atoms with E-state index in [1.165, 1.54) is 7.11 Å². The summed E-state index contributed by atoms with van der Waals surface area (Å²) >= 11 is 0. The number of hydrogen-bond acceptors (Lipinski definition) is 3. The van der Waals surface area contributed by atoms with Crippen LogP contribution in [0.4, 0.5) is 0 Å². The van der Waals surface area contributed by atoms with Crippen LogP contribution in [-0.2, 0) is 9.53 Å². The van der Waals surface area contributed by atoms with Crippen LogP contribution in [0.25, 0.3) is 0 Å². The van der Waals surface area contributed by atoms with E-state index in [4.69, 9.17) is 5.73 Å². The second-order valence-corrected chi connectivity index (χ2v) is 1.33. The molecule has 2 N–H and O–H groups in total. The van der Waals surface area contributed by atoms with Crippen molar-refractivity contribution in [2.45, 2.75) is 6.42 Å². The lowest BCUT2D eigenvalue weighted by atomic mass is 10.4. The van der Waals surface area contributed by atoms with Crippen molar-refractivity contribution in [1.82, 2.24) is 0 Å². The molecule has 0 aromatic heterocycles. The Morgan fingerprint density at radius 2 is 2.30 bits per heavy atom. The maximum Gasteiger partial charge on any atom is 0.384 e. The fraction of sp³-hybridized carbons (Fsp3) is 0.500. The number of ether oxygens (including phenoxy) is 1. The van der Waals surface area contributed by atoms with Crippen LogP contribution in [-0.4, -0.2) is 19.6 Å². The van der Waals surface area contributed by atoms with E-state index in [1.54, 1.807) is 0 Å². The van der Waals surface area contributed by atoms with Gasteiger partial charge in [0.25, 0.3) is 0 Å². The van der Waals surface area contributed by atoms with E-state index in [-0.39, 0.29) is 12.4 Å². The highest BCUT2D eigenvalue weighted by Crippen LogP contribution is 1.70. The molecule has 0 rings (SSSR count). The van der Waals surface area contributed by atoms with Gasteiger partial charge in [0, 0.05) is 18.9 Å². The minimum Gasteiger partial charge on any atom is -0.459 e. The standard InChI is InChI=1S/C6H9NO2.ClH/c1-9-6(8)4-2-3-5-7;/h3,5,7H2,1H3;1H. The molecule has 0 saturated heterocycles. The Morgan fingerprint density at radius 3 is 2.70 bits per heavy atom. The Morgan fingerprint density at radius 1 is 1.70 bits per heavy atom. The Kier molecular flexibility index (Phi) is 9.94. The monoisotopic (exact) mass is 163 g/mol. The van der Waals surface area contributed by atoms with Crippen molar-refractivity contribution in [2.24, 2.45) is 5.73 Å². The van der Waals surface area contributed by atoms with Gasteiger partial charge in [-0.15, -0.1) is 12.4 Å². The predicted molar refractivity (Wildman–Crippen MR) is 40.7 cm³/mol. The maximum atomic E-state index is 10.2. The summed E-state index contributed by atoms with van der Waals surface area (Å²) in [5.74, 6) is 4.27. The Labute approximate surface area is 66.3 Å². The van der Waals surface area contributed by atoms with Gasteiger partial charge in [-0.05, 0) is 0 Å². The van der Waals surface area contributed by atoms with Crippen molar-refractivity contribution in [2.75, 3.05) is 13.7 Å². The van der Waals surface area contributed by atoms with Gasteiger partial charge in [-0.2, -0.15) is 0 Å². The largest absolute Gasteiger partial charge is 0.459 e. The first kappa shape index (κ1) is 12.0. The molecular weight excluding hydrogens is 154 g/mol. The minimum absolute atomic E-state index is 0. The number of nitrogens with two attached hydrogens (primary N) is 1. The lowest BCUT2D eigenvalue weighted by Gasteiger charge is -1.83. The number of methoxy groups -OCH3 is 1. The molecule has 0 saturated carbocycles. The average Bonchev–Trinajstić information content (AvgIpc) is 1.89. The highest BCUT2D eigenvalue weighted by molar-refractivity contribution is 5.88. The number of rotatable bonds is 1. The quantitative estimate of drug-likeness (QED) is 0.335. The SMILES string of the molecule is COC(=O)C#CCCN.Cl. The fourth-order valence-corrected chi connectivity index (χ4v) is 0.258. The van der Waals surface area contributed by atoms with Gasteiger partial charge in [-0.25, -0.2) is 4.79 Å². The third-order valence-electron chi connectivity index (χ3n) is 0.645. The van der Waals surface area contributed by atoms with E-state index in [0.29, 0.717) is 13.0 Å². The van der Waals surface area contributed by atoms with Crippen molar-refractivity contribution < 1.29 is 9.53 Å². The van der Waals surface area contributed by atoms with E-state index in [9.17, 15) is 4.79 Å². The van der Waals surface area contributed by atoms with Crippen molar-refractivity contribution in [3.05, 3.63) is 0 Å². The lowest BCUT2D eigenvalue weighted by Crippen LogP contribution is -1.98. The normalized spacial score (nSPS) is 6.60. The molecule has 0 unspecified atom stereocenters. The van der Waals surface area contributed by atoms with Crippen LogP contribution in [0.2, 0.25) is 0 Å². The number of esters is 1. The highest BCUT2D eigenvalue weighted by atomic mass is 35.5. The van der Waals surface area contributed by atoms with E-state index in [2.05, 4.69) is 16.6 Å². The Balaban J connectivity index is 0. The maximum absolute atomic E-state index is 10.2. The summed E-state index contributed by atoms with van der Waals surface area (Å²) < 4.78 is 4.24. The molecule has 0 aliphatic carbocycles. The second-order valence-electron chi connectivity index (χ2n) is 1.33. The van der Waals surface area contributed by atoms with E-state index in [1.807, 2.05) is 0 Å². The van der Waals surface area contributed by atoms with Crippen LogP contribution in [0.3, 0.4) is 0 Å². The molecule has 0 spiro atoms. The van der Waals surface area contributed by atoms with Crippen molar-refractivity contribution in [3.63, 3.8) is 0 Å². The molecule has 0 heterocycles. The van der Waals surface area contributed by atoms with E-state index >= 15 is 0 Å². The Bertz CT molecular complexity index is 148. The van der Waals surface area contributed by atoms with Crippen LogP contribution in [0, 0.1) is 11.8 Å². The minimum atomic E-state index is -0.511. The van der Waals surface area contributed by atoms with Crippen molar-refractivity contribution in [3.8, 4) is 11.8 Å². The van der Waals surface area contributed by atoms with Crippen molar-refractivity contribution in [1.29, 1.82) is 0 Å². The number of carbonyl (C=O) groups excluding carboxylic acids is 1. The van der Waals surface area contributed by atoms with Gasteiger partial charge in [0.2, 0.25) is 0 Å². The molecule has 0 fully saturated rings. The summed E-state index contributed by atoms with van der Waals surface area (Å²) in [7, 11) is 1.29. The number of carbonyl (C=O) groups is 1. The number of hydrogen-bond donors (Lipinski definition) is 1. The van der Waals surface area contributed by atoms with Gasteiger partial charge in [-0.3, -0.25) is 0 Å². The summed E-state index contributed by atoms with van der Waals surface area (Å²) in [6.45, 7) is 0.476. The molecule has 0 aromatic rings. The summed E-state index contributed by atoms with van der Waals surface area (Å²) in [5, 5.41) is 0. The first-order chi connectivity index (χ1) is 4.31. The summed E-state index contributed by atoms with van der Waals surface area (Å²) in [6.07, 6.45) is 0.537. The smallest absolute Gasteiger partial charge is 0.384 e. The molecule has 0 aliphatic heterocycles. The molecule has 3 nitrogen and oxygen atoms in total. The molecule has 0 aromatic carbocycles. The van der Waals surface area contributed by atoms with Crippen molar-refractivity contribution >= 4 is 18.4 Å². The molecular formula is C6H10ClNO2. The zero-order valence-corrected chi connectivity index (χ0v) is 6.53. The van der Waals surface area contributed by atoms with E-state index in [0.717, 1.165) is 0 Å². The van der Waals surface area contributed by atoms with Crippen LogP contribution in [0.5, 0.6) is 0 Å². The van der Waals surface area contributed by atoms with Gasteiger partial charge in [-0.1, -0.05) is 5.92 Å². The molecule has 0 amide bonds. The topological polar surface area (TPSA) is 52.3 Å². The summed E-state index contributed by atoms with van der Waals surface area (Å²) in [4.78, 5) is 10.2. The van der Waals surface area contributed by atoms with E-state index < -0.39 is 5.97 Å². The molecule has 0 bridgehead atoms. The van der Waals surface area contributed by atoms with Gasteiger partial charge in [0.15, 0.2) is 0 Å². The second kappa shape index (κ2) is 8.28. The number of halogens is 1. The molecule has 0 aliphatic rings.